The van der Waals surface area contributed by atoms with Crippen LogP contribution in [0.5, 0.6) is 0 Å². The fraction of sp³-hybridized carbons (Fsp3) is 0.600. The SMILES string of the molecule is CCCOC1(c2ccccc2)CCN(C)CC1O. The van der Waals surface area contributed by atoms with Gasteiger partial charge in [0.25, 0.3) is 0 Å². The molecule has 2 rings (SSSR count). The van der Waals surface area contributed by atoms with E-state index in [0.29, 0.717) is 13.2 Å². The van der Waals surface area contributed by atoms with Crippen LogP contribution in [-0.4, -0.2) is 42.9 Å². The van der Waals surface area contributed by atoms with Gasteiger partial charge in [0.15, 0.2) is 0 Å². The van der Waals surface area contributed by atoms with Crippen LogP contribution in [0.1, 0.15) is 25.3 Å². The minimum atomic E-state index is -0.524. The van der Waals surface area contributed by atoms with Crippen molar-refractivity contribution >= 4 is 0 Å². The number of rotatable bonds is 4. The second-order valence-corrected chi connectivity index (χ2v) is 5.13. The maximum absolute atomic E-state index is 10.5. The highest BCUT2D eigenvalue weighted by atomic mass is 16.5. The molecule has 0 aliphatic carbocycles. The Hall–Kier alpha value is -0.900. The number of likely N-dealkylation sites (tertiary alicyclic amines) is 1. The summed E-state index contributed by atoms with van der Waals surface area (Å²) in [6.45, 7) is 4.41. The van der Waals surface area contributed by atoms with Gasteiger partial charge in [-0.2, -0.15) is 0 Å². The van der Waals surface area contributed by atoms with Gasteiger partial charge in [-0.15, -0.1) is 0 Å². The van der Waals surface area contributed by atoms with Crippen LogP contribution in [0, 0.1) is 0 Å². The van der Waals surface area contributed by atoms with Gasteiger partial charge in [0, 0.05) is 19.7 Å². The van der Waals surface area contributed by atoms with Crippen LogP contribution in [0.15, 0.2) is 30.3 Å². The number of piperidine rings is 1. The highest BCUT2D eigenvalue weighted by molar-refractivity contribution is 5.25. The molecule has 1 aromatic rings. The number of β-amino-alcohol motifs (C(OH)–C–C–N with tert-alkyl or cyclic N) is 1. The Morgan fingerprint density at radius 3 is 2.72 bits per heavy atom. The Morgan fingerprint density at radius 2 is 2.11 bits per heavy atom. The first-order valence-corrected chi connectivity index (χ1v) is 6.75. The number of aliphatic hydroxyl groups excluding tert-OH is 1. The number of likely N-dealkylation sites (N-methyl/N-ethyl adjacent to an activating group) is 1. The van der Waals surface area contributed by atoms with Crippen LogP contribution in [-0.2, 0) is 10.3 Å². The molecule has 1 fully saturated rings. The molecule has 100 valence electrons. The molecule has 3 nitrogen and oxygen atoms in total. The van der Waals surface area contributed by atoms with Crippen molar-refractivity contribution in [1.29, 1.82) is 0 Å². The van der Waals surface area contributed by atoms with Gasteiger partial charge in [0.1, 0.15) is 5.60 Å². The number of nitrogens with zero attached hydrogens (tertiary/aromatic N) is 1. The molecule has 0 spiro atoms. The van der Waals surface area contributed by atoms with Crippen molar-refractivity contribution in [3.63, 3.8) is 0 Å². The quantitative estimate of drug-likeness (QED) is 0.886. The molecule has 2 unspecified atom stereocenters. The van der Waals surface area contributed by atoms with E-state index in [0.717, 1.165) is 24.9 Å². The van der Waals surface area contributed by atoms with Gasteiger partial charge >= 0.3 is 0 Å². The van der Waals surface area contributed by atoms with Crippen LogP contribution in [0.2, 0.25) is 0 Å². The van der Waals surface area contributed by atoms with Crippen molar-refractivity contribution in [1.82, 2.24) is 4.90 Å². The van der Waals surface area contributed by atoms with Crippen molar-refractivity contribution in [2.24, 2.45) is 0 Å². The van der Waals surface area contributed by atoms with Crippen molar-refractivity contribution in [3.05, 3.63) is 35.9 Å². The predicted molar refractivity (Wildman–Crippen MR) is 72.5 cm³/mol. The fourth-order valence-corrected chi connectivity index (χ4v) is 2.65. The van der Waals surface area contributed by atoms with Gasteiger partial charge in [0.05, 0.1) is 6.10 Å². The van der Waals surface area contributed by atoms with E-state index in [1.165, 1.54) is 0 Å². The van der Waals surface area contributed by atoms with E-state index in [2.05, 4.69) is 24.0 Å². The molecule has 0 amide bonds. The summed E-state index contributed by atoms with van der Waals surface area (Å²) in [6, 6.07) is 10.1. The third-order valence-electron chi connectivity index (χ3n) is 3.71. The smallest absolute Gasteiger partial charge is 0.121 e. The largest absolute Gasteiger partial charge is 0.388 e. The second-order valence-electron chi connectivity index (χ2n) is 5.13. The maximum Gasteiger partial charge on any atom is 0.121 e. The first-order chi connectivity index (χ1) is 8.69. The highest BCUT2D eigenvalue weighted by Crippen LogP contribution is 2.36. The standard InChI is InChI=1S/C15H23NO2/c1-3-11-18-15(13-7-5-4-6-8-13)9-10-16(2)12-14(15)17/h4-8,14,17H,3,9-12H2,1-2H3. The van der Waals surface area contributed by atoms with Gasteiger partial charge in [-0.25, -0.2) is 0 Å². The monoisotopic (exact) mass is 249 g/mol. The van der Waals surface area contributed by atoms with E-state index in [1.54, 1.807) is 0 Å². The predicted octanol–water partition coefficient (Wildman–Crippen LogP) is 2.00. The lowest BCUT2D eigenvalue weighted by Crippen LogP contribution is -2.54. The molecule has 18 heavy (non-hydrogen) atoms. The first-order valence-electron chi connectivity index (χ1n) is 6.75. The zero-order chi connectivity index (χ0) is 13.0. The molecule has 1 N–H and O–H groups in total. The average molecular weight is 249 g/mol. The van der Waals surface area contributed by atoms with E-state index in [1.807, 2.05) is 25.2 Å². The van der Waals surface area contributed by atoms with E-state index in [9.17, 15) is 5.11 Å². The average Bonchev–Trinajstić information content (AvgIpc) is 2.39. The fourth-order valence-electron chi connectivity index (χ4n) is 2.65. The number of hydrogen-bond acceptors (Lipinski definition) is 3. The Morgan fingerprint density at radius 1 is 1.39 bits per heavy atom. The summed E-state index contributed by atoms with van der Waals surface area (Å²) in [4.78, 5) is 2.15. The lowest BCUT2D eigenvalue weighted by atomic mass is 9.82. The number of aliphatic hydroxyl groups is 1. The third kappa shape index (κ3) is 2.58. The molecule has 1 aliphatic rings. The summed E-state index contributed by atoms with van der Waals surface area (Å²) in [5.74, 6) is 0. The van der Waals surface area contributed by atoms with Crippen molar-refractivity contribution < 1.29 is 9.84 Å². The molecule has 0 aromatic heterocycles. The summed E-state index contributed by atoms with van der Waals surface area (Å²) in [5, 5.41) is 10.5. The molecule has 1 heterocycles. The molecule has 1 aromatic carbocycles. The van der Waals surface area contributed by atoms with E-state index in [4.69, 9.17) is 4.74 Å². The number of ether oxygens (including phenoxy) is 1. The van der Waals surface area contributed by atoms with Crippen molar-refractivity contribution in [2.45, 2.75) is 31.5 Å². The molecule has 0 saturated carbocycles. The molecule has 2 atom stereocenters. The summed E-state index contributed by atoms with van der Waals surface area (Å²) >= 11 is 0. The summed E-state index contributed by atoms with van der Waals surface area (Å²) in [6.07, 6.45) is 1.34. The lowest BCUT2D eigenvalue weighted by molar-refractivity contribution is -0.161. The Bertz CT molecular complexity index is 364. The minimum Gasteiger partial charge on any atom is -0.388 e. The minimum absolute atomic E-state index is 0.467. The van der Waals surface area contributed by atoms with Gasteiger partial charge < -0.3 is 14.7 Å². The zero-order valence-electron chi connectivity index (χ0n) is 11.3. The van der Waals surface area contributed by atoms with Crippen LogP contribution in [0.4, 0.5) is 0 Å². The lowest BCUT2D eigenvalue weighted by Gasteiger charge is -2.44. The van der Waals surface area contributed by atoms with Gasteiger partial charge in [-0.1, -0.05) is 37.3 Å². The molecule has 0 bridgehead atoms. The van der Waals surface area contributed by atoms with E-state index < -0.39 is 11.7 Å². The summed E-state index contributed by atoms with van der Waals surface area (Å²) in [7, 11) is 2.04. The maximum atomic E-state index is 10.5. The second kappa shape index (κ2) is 5.83. The third-order valence-corrected chi connectivity index (χ3v) is 3.71. The highest BCUT2D eigenvalue weighted by Gasteiger charge is 2.43. The Kier molecular flexibility index (Phi) is 4.38. The molecule has 0 radical (unpaired) electrons. The molecular weight excluding hydrogens is 226 g/mol. The number of benzene rings is 1. The molecule has 1 aliphatic heterocycles. The Labute approximate surface area is 109 Å². The topological polar surface area (TPSA) is 32.7 Å². The van der Waals surface area contributed by atoms with E-state index in [-0.39, 0.29) is 0 Å². The van der Waals surface area contributed by atoms with Crippen molar-refractivity contribution in [3.8, 4) is 0 Å². The first kappa shape index (κ1) is 13.5. The normalized spacial score (nSPS) is 29.4. The van der Waals surface area contributed by atoms with E-state index >= 15 is 0 Å². The zero-order valence-corrected chi connectivity index (χ0v) is 11.3. The van der Waals surface area contributed by atoms with Gasteiger partial charge in [0.2, 0.25) is 0 Å². The van der Waals surface area contributed by atoms with Gasteiger partial charge in [-0.3, -0.25) is 0 Å². The molecular formula is C15H23NO2. The Balaban J connectivity index is 2.28. The van der Waals surface area contributed by atoms with Gasteiger partial charge in [-0.05, 0) is 25.5 Å². The molecule has 1 saturated heterocycles. The van der Waals surface area contributed by atoms with Crippen LogP contribution in [0.3, 0.4) is 0 Å². The molecule has 3 heteroatoms. The number of hydrogen-bond donors (Lipinski definition) is 1. The van der Waals surface area contributed by atoms with Crippen molar-refractivity contribution in [2.75, 3.05) is 26.7 Å². The van der Waals surface area contributed by atoms with Crippen LogP contribution >= 0.6 is 0 Å². The van der Waals surface area contributed by atoms with Crippen LogP contribution in [0.25, 0.3) is 0 Å². The summed E-state index contributed by atoms with van der Waals surface area (Å²) < 4.78 is 6.09. The summed E-state index contributed by atoms with van der Waals surface area (Å²) in [5.41, 5.74) is 0.572. The van der Waals surface area contributed by atoms with Crippen LogP contribution < -0.4 is 0 Å².